The van der Waals surface area contributed by atoms with Crippen LogP contribution >= 0.6 is 12.4 Å². The van der Waals surface area contributed by atoms with Crippen LogP contribution < -0.4 is 5.73 Å². The number of amides is 1. The average Bonchev–Trinajstić information content (AvgIpc) is 2.50. The molecule has 2 atom stereocenters. The van der Waals surface area contributed by atoms with Gasteiger partial charge in [-0.05, 0) is 31.7 Å². The highest BCUT2D eigenvalue weighted by molar-refractivity contribution is 5.85. The van der Waals surface area contributed by atoms with Crippen LogP contribution in [0.15, 0.2) is 24.3 Å². The van der Waals surface area contributed by atoms with Crippen molar-refractivity contribution in [2.24, 2.45) is 5.73 Å². The number of nitrogens with zero attached hydrogens (tertiary/aromatic N) is 1. The Balaban J connectivity index is 0.00000242. The van der Waals surface area contributed by atoms with Crippen LogP contribution in [0.1, 0.15) is 30.4 Å². The van der Waals surface area contributed by atoms with Gasteiger partial charge in [0.1, 0.15) is 0 Å². The number of ether oxygens (including phenoxy) is 1. The maximum Gasteiger partial charge on any atom is 0.224 e. The van der Waals surface area contributed by atoms with E-state index < -0.39 is 0 Å². The second kappa shape index (κ2) is 9.13. The Hall–Kier alpha value is -1.10. The third-order valence-electron chi connectivity index (χ3n) is 4.26. The zero-order valence-corrected chi connectivity index (χ0v) is 14.3. The number of piperidine rings is 1. The van der Waals surface area contributed by atoms with Crippen LogP contribution in [0.3, 0.4) is 0 Å². The summed E-state index contributed by atoms with van der Waals surface area (Å²) in [6.45, 7) is 3.30. The van der Waals surface area contributed by atoms with Crippen molar-refractivity contribution in [1.82, 2.24) is 4.90 Å². The van der Waals surface area contributed by atoms with Gasteiger partial charge in [0.2, 0.25) is 5.91 Å². The number of carbonyl (C=O) groups excluding carboxylic acids is 1. The number of rotatable bonds is 5. The number of halogens is 1. The molecular weight excluding hydrogens is 300 g/mol. The lowest BCUT2D eigenvalue weighted by atomic mass is 9.92. The molecule has 5 heteroatoms. The summed E-state index contributed by atoms with van der Waals surface area (Å²) in [4.78, 5) is 14.3. The van der Waals surface area contributed by atoms with Crippen LogP contribution in [0.5, 0.6) is 0 Å². The molecular formula is C17H27ClN2O2. The predicted molar refractivity (Wildman–Crippen MR) is 91.3 cm³/mol. The monoisotopic (exact) mass is 326 g/mol. The van der Waals surface area contributed by atoms with Crippen LogP contribution in [0.2, 0.25) is 0 Å². The fourth-order valence-electron chi connectivity index (χ4n) is 3.08. The topological polar surface area (TPSA) is 55.6 Å². The summed E-state index contributed by atoms with van der Waals surface area (Å²) in [6, 6.07) is 8.63. The van der Waals surface area contributed by atoms with E-state index >= 15 is 0 Å². The van der Waals surface area contributed by atoms with Crippen LogP contribution in [0.4, 0.5) is 0 Å². The smallest absolute Gasteiger partial charge is 0.224 e. The van der Waals surface area contributed by atoms with Crippen LogP contribution in [-0.4, -0.2) is 43.2 Å². The van der Waals surface area contributed by atoms with Gasteiger partial charge in [-0.1, -0.05) is 29.8 Å². The molecule has 0 unspecified atom stereocenters. The molecule has 1 fully saturated rings. The Labute approximate surface area is 139 Å². The van der Waals surface area contributed by atoms with Gasteiger partial charge in [0.05, 0.1) is 12.1 Å². The Morgan fingerprint density at radius 1 is 1.36 bits per heavy atom. The summed E-state index contributed by atoms with van der Waals surface area (Å²) >= 11 is 0. The SMILES string of the molecule is CO[C@H]1CCCN(C(=O)CCN)[C@H]1Cc1ccc(C)cc1.Cl. The highest BCUT2D eigenvalue weighted by Gasteiger charge is 2.33. The van der Waals surface area contributed by atoms with Crippen LogP contribution in [0, 0.1) is 6.92 Å². The second-order valence-electron chi connectivity index (χ2n) is 5.80. The molecule has 1 heterocycles. The molecule has 0 spiro atoms. The molecule has 1 aliphatic heterocycles. The Kier molecular flexibility index (Phi) is 7.87. The van der Waals surface area contributed by atoms with Crippen molar-refractivity contribution in [1.29, 1.82) is 0 Å². The molecule has 1 aromatic carbocycles. The van der Waals surface area contributed by atoms with Crippen LogP contribution in [-0.2, 0) is 16.0 Å². The van der Waals surface area contributed by atoms with Gasteiger partial charge < -0.3 is 15.4 Å². The maximum atomic E-state index is 12.3. The van der Waals surface area contributed by atoms with Crippen molar-refractivity contribution in [2.45, 2.75) is 44.8 Å². The highest BCUT2D eigenvalue weighted by atomic mass is 35.5. The predicted octanol–water partition coefficient (Wildman–Crippen LogP) is 2.31. The third kappa shape index (κ3) is 4.70. The summed E-state index contributed by atoms with van der Waals surface area (Å²) in [5, 5.41) is 0. The molecule has 0 radical (unpaired) electrons. The van der Waals surface area contributed by atoms with Gasteiger partial charge in [-0.15, -0.1) is 12.4 Å². The van der Waals surface area contributed by atoms with Crippen LogP contribution in [0.25, 0.3) is 0 Å². The number of benzene rings is 1. The van der Waals surface area contributed by atoms with Crippen molar-refractivity contribution in [3.8, 4) is 0 Å². The fourth-order valence-corrected chi connectivity index (χ4v) is 3.08. The van der Waals surface area contributed by atoms with Gasteiger partial charge in [0.15, 0.2) is 0 Å². The molecule has 2 rings (SSSR count). The molecule has 0 saturated carbocycles. The normalized spacial score (nSPS) is 21.3. The van der Waals surface area contributed by atoms with E-state index in [4.69, 9.17) is 10.5 Å². The van der Waals surface area contributed by atoms with Gasteiger partial charge >= 0.3 is 0 Å². The van der Waals surface area contributed by atoms with E-state index in [2.05, 4.69) is 31.2 Å². The first-order chi connectivity index (χ1) is 10.2. The zero-order chi connectivity index (χ0) is 15.2. The minimum Gasteiger partial charge on any atom is -0.379 e. The number of methoxy groups -OCH3 is 1. The second-order valence-corrected chi connectivity index (χ2v) is 5.80. The molecule has 0 aromatic heterocycles. The highest BCUT2D eigenvalue weighted by Crippen LogP contribution is 2.24. The molecule has 2 N–H and O–H groups in total. The fraction of sp³-hybridized carbons (Fsp3) is 0.588. The Morgan fingerprint density at radius 2 is 2.05 bits per heavy atom. The quantitative estimate of drug-likeness (QED) is 0.903. The average molecular weight is 327 g/mol. The molecule has 22 heavy (non-hydrogen) atoms. The summed E-state index contributed by atoms with van der Waals surface area (Å²) in [5.74, 6) is 0.149. The van der Waals surface area contributed by atoms with E-state index in [-0.39, 0.29) is 30.5 Å². The summed E-state index contributed by atoms with van der Waals surface area (Å²) in [5.41, 5.74) is 8.04. The van der Waals surface area contributed by atoms with Crippen molar-refractivity contribution >= 4 is 18.3 Å². The van der Waals surface area contributed by atoms with Gasteiger partial charge in [0.25, 0.3) is 0 Å². The van der Waals surface area contributed by atoms with Crippen molar-refractivity contribution in [2.75, 3.05) is 20.2 Å². The van der Waals surface area contributed by atoms with Crippen molar-refractivity contribution in [3.63, 3.8) is 0 Å². The Morgan fingerprint density at radius 3 is 2.64 bits per heavy atom. The number of nitrogens with two attached hydrogens (primary N) is 1. The third-order valence-corrected chi connectivity index (χ3v) is 4.26. The molecule has 1 aliphatic rings. The minimum absolute atomic E-state index is 0. The summed E-state index contributed by atoms with van der Waals surface area (Å²) in [7, 11) is 1.74. The number of hydrogen-bond acceptors (Lipinski definition) is 3. The number of likely N-dealkylation sites (tertiary alicyclic amines) is 1. The standard InChI is InChI=1S/C17H26N2O2.ClH/c1-13-5-7-14(8-6-13)12-15-16(21-2)4-3-11-19(15)17(20)9-10-18;/h5-8,15-16H,3-4,9-12,18H2,1-2H3;1H/t15-,16-;/m0./s1. The van der Waals surface area contributed by atoms with E-state index in [1.807, 2.05) is 4.90 Å². The molecule has 124 valence electrons. The number of aryl methyl sites for hydroxylation is 1. The van der Waals surface area contributed by atoms with E-state index in [1.165, 1.54) is 11.1 Å². The number of hydrogen-bond donors (Lipinski definition) is 1. The molecule has 4 nitrogen and oxygen atoms in total. The first-order valence-corrected chi connectivity index (χ1v) is 7.73. The lowest BCUT2D eigenvalue weighted by molar-refractivity contribution is -0.139. The lowest BCUT2D eigenvalue weighted by Crippen LogP contribution is -2.53. The van der Waals surface area contributed by atoms with Crippen molar-refractivity contribution < 1.29 is 9.53 Å². The van der Waals surface area contributed by atoms with Gasteiger partial charge in [-0.25, -0.2) is 0 Å². The van der Waals surface area contributed by atoms with Gasteiger partial charge in [-0.3, -0.25) is 4.79 Å². The number of carbonyl (C=O) groups is 1. The van der Waals surface area contributed by atoms with E-state index in [9.17, 15) is 4.79 Å². The van der Waals surface area contributed by atoms with Gasteiger partial charge in [-0.2, -0.15) is 0 Å². The van der Waals surface area contributed by atoms with E-state index in [0.29, 0.717) is 13.0 Å². The molecule has 1 aromatic rings. The van der Waals surface area contributed by atoms with Gasteiger partial charge in [0, 0.05) is 26.6 Å². The molecule has 1 amide bonds. The lowest BCUT2D eigenvalue weighted by Gasteiger charge is -2.41. The largest absolute Gasteiger partial charge is 0.379 e. The summed E-state index contributed by atoms with van der Waals surface area (Å²) in [6.07, 6.45) is 3.39. The maximum absolute atomic E-state index is 12.3. The Bertz CT molecular complexity index is 464. The molecule has 1 saturated heterocycles. The first kappa shape index (κ1) is 18.9. The molecule has 0 bridgehead atoms. The first-order valence-electron chi connectivity index (χ1n) is 7.73. The molecule has 0 aliphatic carbocycles. The van der Waals surface area contributed by atoms with E-state index in [0.717, 1.165) is 25.8 Å². The minimum atomic E-state index is 0. The summed E-state index contributed by atoms with van der Waals surface area (Å²) < 4.78 is 5.63. The van der Waals surface area contributed by atoms with Crippen molar-refractivity contribution in [3.05, 3.63) is 35.4 Å². The zero-order valence-electron chi connectivity index (χ0n) is 13.5. The van der Waals surface area contributed by atoms with E-state index in [1.54, 1.807) is 7.11 Å².